The molecule has 1 aliphatic heterocycles. The van der Waals surface area contributed by atoms with Gasteiger partial charge in [0.25, 0.3) is 5.91 Å². The van der Waals surface area contributed by atoms with Crippen LogP contribution in [0, 0.1) is 13.8 Å². The fourth-order valence-electron chi connectivity index (χ4n) is 3.71. The third-order valence-corrected chi connectivity index (χ3v) is 7.12. The van der Waals surface area contributed by atoms with Gasteiger partial charge in [0.15, 0.2) is 10.9 Å². The Morgan fingerprint density at radius 1 is 1.16 bits per heavy atom. The van der Waals surface area contributed by atoms with Crippen LogP contribution in [0.2, 0.25) is 0 Å². The summed E-state index contributed by atoms with van der Waals surface area (Å²) < 4.78 is 0. The third kappa shape index (κ3) is 3.70. The van der Waals surface area contributed by atoms with Gasteiger partial charge in [0.1, 0.15) is 0 Å². The molecule has 8 heteroatoms. The number of hydrogen-bond donors (Lipinski definition) is 1. The molecule has 0 fully saturated rings. The average Bonchev–Trinajstić information content (AvgIpc) is 3.40. The number of rotatable bonds is 4. The Labute approximate surface area is 188 Å². The van der Waals surface area contributed by atoms with E-state index in [1.54, 1.807) is 18.5 Å². The lowest BCUT2D eigenvalue weighted by molar-refractivity contribution is -0.117. The third-order valence-electron chi connectivity index (χ3n) is 5.28. The molecule has 1 atom stereocenters. The molecule has 0 radical (unpaired) electrons. The first-order chi connectivity index (χ1) is 14.6. The first kappa shape index (κ1) is 21.4. The van der Waals surface area contributed by atoms with E-state index in [1.165, 1.54) is 27.6 Å². The molecule has 4 rings (SSSR count). The summed E-state index contributed by atoms with van der Waals surface area (Å²) in [6.07, 6.45) is 1.60. The second-order valence-electron chi connectivity index (χ2n) is 8.50. The van der Waals surface area contributed by atoms with Crippen molar-refractivity contribution in [2.75, 3.05) is 4.90 Å². The quantitative estimate of drug-likeness (QED) is 0.542. The van der Waals surface area contributed by atoms with Gasteiger partial charge in [0, 0.05) is 11.6 Å². The fourth-order valence-corrected chi connectivity index (χ4v) is 5.26. The Kier molecular flexibility index (Phi) is 5.31. The zero-order valence-electron chi connectivity index (χ0n) is 18.0. The van der Waals surface area contributed by atoms with Crippen LogP contribution >= 0.6 is 22.7 Å². The Morgan fingerprint density at radius 2 is 1.84 bits per heavy atom. The van der Waals surface area contributed by atoms with Crippen molar-refractivity contribution in [3.8, 4) is 0 Å². The van der Waals surface area contributed by atoms with E-state index in [2.05, 4.69) is 30.7 Å². The number of benzene rings is 1. The lowest BCUT2D eigenvalue weighted by Gasteiger charge is -2.25. The Bertz CT molecular complexity index is 1190. The highest BCUT2D eigenvalue weighted by atomic mass is 32.1. The number of aliphatic hydroxyl groups excluding tert-OH is 1. The zero-order chi connectivity index (χ0) is 22.5. The molecule has 0 saturated carbocycles. The van der Waals surface area contributed by atoms with E-state index in [1.807, 2.05) is 31.2 Å². The molecular formula is C23H23N3O3S2. The SMILES string of the molecule is Cc1nc(C)c(C(=O)C2=C(O)C(=O)N(c3nccs3)C2c2ccc(C(C)(C)C)cc2)s1. The number of aryl methyl sites for hydroxylation is 2. The Hall–Kier alpha value is -2.84. The van der Waals surface area contributed by atoms with Gasteiger partial charge in [0.2, 0.25) is 5.78 Å². The van der Waals surface area contributed by atoms with Crippen molar-refractivity contribution in [2.45, 2.75) is 46.1 Å². The summed E-state index contributed by atoms with van der Waals surface area (Å²) in [6.45, 7) is 9.96. The summed E-state index contributed by atoms with van der Waals surface area (Å²) in [6, 6.07) is 7.06. The maximum Gasteiger partial charge on any atom is 0.296 e. The summed E-state index contributed by atoms with van der Waals surface area (Å²) in [5.74, 6) is -1.53. The van der Waals surface area contributed by atoms with Gasteiger partial charge in [-0.1, -0.05) is 45.0 Å². The molecule has 1 amide bonds. The first-order valence-corrected chi connectivity index (χ1v) is 11.5. The van der Waals surface area contributed by atoms with E-state index in [9.17, 15) is 14.7 Å². The minimum absolute atomic E-state index is 0.0348. The number of thiazole rings is 2. The molecule has 2 aromatic heterocycles. The van der Waals surface area contributed by atoms with Crippen LogP contribution in [0.25, 0.3) is 0 Å². The molecule has 160 valence electrons. The van der Waals surface area contributed by atoms with E-state index in [-0.39, 0.29) is 16.8 Å². The predicted molar refractivity (Wildman–Crippen MR) is 123 cm³/mol. The summed E-state index contributed by atoms with van der Waals surface area (Å²) in [4.78, 5) is 37.0. The largest absolute Gasteiger partial charge is 0.503 e. The van der Waals surface area contributed by atoms with Crippen molar-refractivity contribution < 1.29 is 14.7 Å². The van der Waals surface area contributed by atoms with E-state index < -0.39 is 17.7 Å². The van der Waals surface area contributed by atoms with E-state index in [0.29, 0.717) is 15.7 Å². The van der Waals surface area contributed by atoms with Crippen LogP contribution in [-0.2, 0) is 10.2 Å². The first-order valence-electron chi connectivity index (χ1n) is 9.85. The number of Topliss-reactive ketones (excluding diaryl/α,β-unsaturated/α-hetero) is 1. The van der Waals surface area contributed by atoms with E-state index in [4.69, 9.17) is 0 Å². The van der Waals surface area contributed by atoms with Gasteiger partial charge < -0.3 is 5.11 Å². The molecule has 0 spiro atoms. The lowest BCUT2D eigenvalue weighted by Crippen LogP contribution is -2.31. The van der Waals surface area contributed by atoms with E-state index >= 15 is 0 Å². The van der Waals surface area contributed by atoms with E-state index in [0.717, 1.165) is 16.1 Å². The van der Waals surface area contributed by atoms with Crippen LogP contribution in [-0.4, -0.2) is 26.8 Å². The lowest BCUT2D eigenvalue weighted by atomic mass is 9.85. The molecule has 1 unspecified atom stereocenters. The van der Waals surface area contributed by atoms with Gasteiger partial charge in [-0.2, -0.15) is 0 Å². The summed E-state index contributed by atoms with van der Waals surface area (Å²) in [7, 11) is 0. The van der Waals surface area contributed by atoms with Crippen molar-refractivity contribution >= 4 is 39.5 Å². The standard InChI is InChI=1S/C23H23N3O3S2/c1-12-20(31-13(2)25-12)18(27)16-17(14-6-8-15(9-7-14)23(3,4)5)26(21(29)19(16)28)22-24-10-11-30-22/h6-11,17,28H,1-5H3. The minimum atomic E-state index is -0.762. The number of aliphatic hydroxyl groups is 1. The van der Waals surface area contributed by atoms with Crippen LogP contribution in [0.1, 0.15) is 58.3 Å². The highest BCUT2D eigenvalue weighted by Gasteiger charge is 2.46. The average molecular weight is 454 g/mol. The van der Waals surface area contributed by atoms with Crippen molar-refractivity contribution in [3.05, 3.63) is 73.9 Å². The number of hydrogen-bond acceptors (Lipinski definition) is 7. The maximum atomic E-state index is 13.5. The highest BCUT2D eigenvalue weighted by molar-refractivity contribution is 7.14. The van der Waals surface area contributed by atoms with Crippen molar-refractivity contribution in [2.24, 2.45) is 0 Å². The van der Waals surface area contributed by atoms with Gasteiger partial charge in [-0.25, -0.2) is 9.97 Å². The molecule has 0 aliphatic carbocycles. The summed E-state index contributed by atoms with van der Waals surface area (Å²) in [5.41, 5.74) is 2.50. The molecule has 31 heavy (non-hydrogen) atoms. The van der Waals surface area contributed by atoms with Gasteiger partial charge in [-0.15, -0.1) is 22.7 Å². The number of amides is 1. The smallest absolute Gasteiger partial charge is 0.296 e. The Balaban J connectivity index is 1.86. The number of carbonyl (C=O) groups excluding carboxylic acids is 2. The van der Waals surface area contributed by atoms with Crippen LogP contribution in [0.15, 0.2) is 47.2 Å². The van der Waals surface area contributed by atoms with Crippen LogP contribution in [0.4, 0.5) is 5.13 Å². The van der Waals surface area contributed by atoms with Gasteiger partial charge >= 0.3 is 0 Å². The molecular weight excluding hydrogens is 430 g/mol. The second-order valence-corrected chi connectivity index (χ2v) is 10.6. The molecule has 1 N–H and O–H groups in total. The highest BCUT2D eigenvalue weighted by Crippen LogP contribution is 2.43. The molecule has 6 nitrogen and oxygen atoms in total. The fraction of sp³-hybridized carbons (Fsp3) is 0.304. The molecule has 3 aromatic rings. The summed E-state index contributed by atoms with van der Waals surface area (Å²) in [5, 5.41) is 13.7. The van der Waals surface area contributed by atoms with Crippen molar-refractivity contribution in [1.29, 1.82) is 0 Å². The number of ketones is 1. The normalized spacial score (nSPS) is 17.0. The van der Waals surface area contributed by atoms with Crippen LogP contribution in [0.5, 0.6) is 0 Å². The molecule has 3 heterocycles. The number of carbonyl (C=O) groups is 2. The maximum absolute atomic E-state index is 13.5. The second kappa shape index (κ2) is 7.69. The molecule has 1 aliphatic rings. The molecule has 0 bridgehead atoms. The minimum Gasteiger partial charge on any atom is -0.503 e. The molecule has 1 aromatic carbocycles. The van der Waals surface area contributed by atoms with Gasteiger partial charge in [-0.3, -0.25) is 14.5 Å². The number of aromatic nitrogens is 2. The van der Waals surface area contributed by atoms with Gasteiger partial charge in [0.05, 0.1) is 27.2 Å². The van der Waals surface area contributed by atoms with Crippen LogP contribution in [0.3, 0.4) is 0 Å². The predicted octanol–water partition coefficient (Wildman–Crippen LogP) is 5.30. The van der Waals surface area contributed by atoms with Crippen LogP contribution < -0.4 is 4.90 Å². The van der Waals surface area contributed by atoms with Crippen molar-refractivity contribution in [1.82, 2.24) is 9.97 Å². The zero-order valence-corrected chi connectivity index (χ0v) is 19.6. The van der Waals surface area contributed by atoms with Gasteiger partial charge in [-0.05, 0) is 30.4 Å². The number of nitrogens with zero attached hydrogens (tertiary/aromatic N) is 3. The number of anilines is 1. The monoisotopic (exact) mass is 453 g/mol. The Morgan fingerprint density at radius 3 is 2.35 bits per heavy atom. The summed E-state index contributed by atoms with van der Waals surface area (Å²) >= 11 is 2.55. The van der Waals surface area contributed by atoms with Crippen molar-refractivity contribution in [3.63, 3.8) is 0 Å². The topological polar surface area (TPSA) is 83.4 Å². The molecule has 0 saturated heterocycles.